The maximum Gasteiger partial charge on any atom is 0.179 e. The molecule has 0 bridgehead atoms. The molecule has 18 heavy (non-hydrogen) atoms. The summed E-state index contributed by atoms with van der Waals surface area (Å²) >= 11 is 5.90. The lowest BCUT2D eigenvalue weighted by Gasteiger charge is -2.28. The minimum atomic E-state index is -0.205. The van der Waals surface area contributed by atoms with Crippen LogP contribution in [0.25, 0.3) is 0 Å². The molecule has 2 rings (SSSR count). The highest BCUT2D eigenvalue weighted by Crippen LogP contribution is 2.22. The van der Waals surface area contributed by atoms with Crippen LogP contribution in [0.5, 0.6) is 0 Å². The Labute approximate surface area is 112 Å². The summed E-state index contributed by atoms with van der Waals surface area (Å²) in [5.74, 6) is 0.0675. The van der Waals surface area contributed by atoms with Crippen molar-refractivity contribution in [1.29, 1.82) is 0 Å². The number of aliphatic hydroxyl groups is 1. The fourth-order valence-corrected chi connectivity index (χ4v) is 2.79. The average molecular weight is 268 g/mol. The molecular formula is C14H18ClNO2. The van der Waals surface area contributed by atoms with Crippen LogP contribution < -0.4 is 0 Å². The Morgan fingerprint density at radius 3 is 3.06 bits per heavy atom. The van der Waals surface area contributed by atoms with Gasteiger partial charge in [-0.15, -0.1) is 0 Å². The van der Waals surface area contributed by atoms with Crippen LogP contribution in [0, 0.1) is 0 Å². The molecule has 0 aliphatic carbocycles. The average Bonchev–Trinajstić information content (AvgIpc) is 2.85. The van der Waals surface area contributed by atoms with Crippen LogP contribution in [0.1, 0.15) is 30.1 Å². The number of hydrogen-bond acceptors (Lipinski definition) is 3. The number of benzene rings is 1. The molecule has 98 valence electrons. The second kappa shape index (κ2) is 5.83. The fourth-order valence-electron chi connectivity index (χ4n) is 2.60. The summed E-state index contributed by atoms with van der Waals surface area (Å²) in [6.07, 6.45) is 2.00. The molecule has 1 fully saturated rings. The molecule has 1 N–H and O–H groups in total. The predicted octanol–water partition coefficient (Wildman–Crippen LogP) is 2.37. The van der Waals surface area contributed by atoms with Crippen LogP contribution in [0.15, 0.2) is 24.3 Å². The van der Waals surface area contributed by atoms with Gasteiger partial charge in [-0.05, 0) is 38.4 Å². The van der Waals surface area contributed by atoms with Gasteiger partial charge < -0.3 is 5.11 Å². The van der Waals surface area contributed by atoms with Gasteiger partial charge in [-0.2, -0.15) is 0 Å². The first kappa shape index (κ1) is 13.5. The number of hydrogen-bond donors (Lipinski definition) is 1. The lowest BCUT2D eigenvalue weighted by Crippen LogP contribution is -2.43. The van der Waals surface area contributed by atoms with Gasteiger partial charge >= 0.3 is 0 Å². The van der Waals surface area contributed by atoms with Crippen molar-refractivity contribution in [2.75, 3.05) is 13.2 Å². The number of rotatable bonds is 4. The number of halogens is 1. The summed E-state index contributed by atoms with van der Waals surface area (Å²) in [5, 5.41) is 9.88. The highest BCUT2D eigenvalue weighted by atomic mass is 35.5. The van der Waals surface area contributed by atoms with Gasteiger partial charge in [-0.3, -0.25) is 9.69 Å². The predicted molar refractivity (Wildman–Crippen MR) is 72.1 cm³/mol. The molecule has 2 unspecified atom stereocenters. The number of carbonyl (C=O) groups is 1. The Hall–Kier alpha value is -0.900. The summed E-state index contributed by atoms with van der Waals surface area (Å²) in [5.41, 5.74) is 0.638. The Balaban J connectivity index is 2.13. The zero-order chi connectivity index (χ0) is 13.1. The quantitative estimate of drug-likeness (QED) is 0.852. The van der Waals surface area contributed by atoms with Gasteiger partial charge in [0.2, 0.25) is 0 Å². The van der Waals surface area contributed by atoms with Crippen LogP contribution in [0.4, 0.5) is 0 Å². The van der Waals surface area contributed by atoms with Gasteiger partial charge in [0.05, 0.1) is 12.6 Å². The SMILES string of the molecule is CC(C(=O)c1cccc(Cl)c1)N1CCCC1CO. The third-order valence-corrected chi connectivity index (χ3v) is 3.85. The largest absolute Gasteiger partial charge is 0.395 e. The summed E-state index contributed by atoms with van der Waals surface area (Å²) in [4.78, 5) is 14.4. The minimum absolute atomic E-state index is 0.0675. The van der Waals surface area contributed by atoms with Crippen molar-refractivity contribution < 1.29 is 9.90 Å². The highest BCUT2D eigenvalue weighted by molar-refractivity contribution is 6.31. The molecule has 1 aliphatic heterocycles. The number of aliphatic hydroxyl groups excluding tert-OH is 1. The van der Waals surface area contributed by atoms with Crippen molar-refractivity contribution in [3.8, 4) is 0 Å². The first-order chi connectivity index (χ1) is 8.63. The van der Waals surface area contributed by atoms with E-state index in [1.54, 1.807) is 24.3 Å². The van der Waals surface area contributed by atoms with E-state index in [0.29, 0.717) is 10.6 Å². The lowest BCUT2D eigenvalue weighted by molar-refractivity contribution is 0.0758. The van der Waals surface area contributed by atoms with Gasteiger partial charge in [0.15, 0.2) is 5.78 Å². The summed E-state index contributed by atoms with van der Waals surface area (Å²) in [7, 11) is 0. The maximum absolute atomic E-state index is 12.4. The number of carbonyl (C=O) groups excluding carboxylic acids is 1. The molecule has 0 saturated carbocycles. The zero-order valence-corrected chi connectivity index (χ0v) is 11.2. The van der Waals surface area contributed by atoms with E-state index in [4.69, 9.17) is 11.6 Å². The van der Waals surface area contributed by atoms with Crippen LogP contribution in [0.3, 0.4) is 0 Å². The van der Waals surface area contributed by atoms with Gasteiger partial charge in [0, 0.05) is 16.6 Å². The Morgan fingerprint density at radius 2 is 2.39 bits per heavy atom. The molecule has 0 amide bonds. The molecule has 1 aromatic rings. The van der Waals surface area contributed by atoms with E-state index >= 15 is 0 Å². The Kier molecular flexibility index (Phi) is 4.38. The third-order valence-electron chi connectivity index (χ3n) is 3.62. The molecule has 0 spiro atoms. The zero-order valence-electron chi connectivity index (χ0n) is 10.5. The Bertz CT molecular complexity index is 436. The van der Waals surface area contributed by atoms with Gasteiger partial charge in [0.1, 0.15) is 0 Å². The topological polar surface area (TPSA) is 40.5 Å². The molecule has 0 radical (unpaired) electrons. The van der Waals surface area contributed by atoms with Crippen molar-refractivity contribution in [2.24, 2.45) is 0 Å². The van der Waals surface area contributed by atoms with E-state index in [2.05, 4.69) is 4.90 Å². The molecule has 3 nitrogen and oxygen atoms in total. The number of nitrogens with zero attached hydrogens (tertiary/aromatic N) is 1. The fraction of sp³-hybridized carbons (Fsp3) is 0.500. The second-order valence-corrected chi connectivity index (χ2v) is 5.20. The summed E-state index contributed by atoms with van der Waals surface area (Å²) in [6.45, 7) is 2.89. The summed E-state index contributed by atoms with van der Waals surface area (Å²) in [6, 6.07) is 6.94. The lowest BCUT2D eigenvalue weighted by atomic mass is 10.0. The Morgan fingerprint density at radius 1 is 1.61 bits per heavy atom. The molecular weight excluding hydrogens is 250 g/mol. The van der Waals surface area contributed by atoms with E-state index in [1.807, 2.05) is 6.92 Å². The van der Waals surface area contributed by atoms with Crippen LogP contribution >= 0.6 is 11.6 Å². The molecule has 1 saturated heterocycles. The van der Waals surface area contributed by atoms with E-state index in [1.165, 1.54) is 0 Å². The smallest absolute Gasteiger partial charge is 0.179 e. The highest BCUT2D eigenvalue weighted by Gasteiger charge is 2.31. The minimum Gasteiger partial charge on any atom is -0.395 e. The maximum atomic E-state index is 12.4. The van der Waals surface area contributed by atoms with E-state index < -0.39 is 0 Å². The normalized spacial score (nSPS) is 22.1. The number of ketones is 1. The van der Waals surface area contributed by atoms with Crippen LogP contribution in [0.2, 0.25) is 5.02 Å². The first-order valence-corrected chi connectivity index (χ1v) is 6.67. The number of Topliss-reactive ketones (excluding diaryl/α,β-unsaturated/α-hetero) is 1. The van der Waals surface area contributed by atoms with Crippen molar-refractivity contribution in [3.05, 3.63) is 34.9 Å². The van der Waals surface area contributed by atoms with Crippen molar-refractivity contribution in [2.45, 2.75) is 31.8 Å². The van der Waals surface area contributed by atoms with E-state index in [9.17, 15) is 9.90 Å². The molecule has 4 heteroatoms. The number of likely N-dealkylation sites (tertiary alicyclic amines) is 1. The standard InChI is InChI=1S/C14H18ClNO2/c1-10(16-7-3-6-13(16)9-17)14(18)11-4-2-5-12(15)8-11/h2,4-5,8,10,13,17H,3,6-7,9H2,1H3. The van der Waals surface area contributed by atoms with Gasteiger partial charge in [-0.1, -0.05) is 23.7 Å². The van der Waals surface area contributed by atoms with Crippen LogP contribution in [-0.2, 0) is 0 Å². The van der Waals surface area contributed by atoms with Crippen molar-refractivity contribution in [3.63, 3.8) is 0 Å². The first-order valence-electron chi connectivity index (χ1n) is 6.30. The van der Waals surface area contributed by atoms with Crippen molar-refractivity contribution in [1.82, 2.24) is 4.90 Å². The van der Waals surface area contributed by atoms with E-state index in [-0.39, 0.29) is 24.5 Å². The van der Waals surface area contributed by atoms with Crippen LogP contribution in [-0.4, -0.2) is 41.0 Å². The van der Waals surface area contributed by atoms with Gasteiger partial charge in [-0.25, -0.2) is 0 Å². The molecule has 1 aromatic carbocycles. The molecule has 1 heterocycles. The monoisotopic (exact) mass is 267 g/mol. The second-order valence-electron chi connectivity index (χ2n) is 4.77. The van der Waals surface area contributed by atoms with E-state index in [0.717, 1.165) is 19.4 Å². The van der Waals surface area contributed by atoms with Crippen molar-refractivity contribution >= 4 is 17.4 Å². The molecule has 0 aromatic heterocycles. The summed E-state index contributed by atoms with van der Waals surface area (Å²) < 4.78 is 0. The molecule has 1 aliphatic rings. The molecule has 2 atom stereocenters. The van der Waals surface area contributed by atoms with Gasteiger partial charge in [0.25, 0.3) is 0 Å². The third kappa shape index (κ3) is 2.74.